The number of hydrogen-bond donors (Lipinski definition) is 1. The van der Waals surface area contributed by atoms with Crippen molar-refractivity contribution in [3.63, 3.8) is 0 Å². The molecule has 1 saturated carbocycles. The molecule has 3 aliphatic rings. The fourth-order valence-corrected chi connectivity index (χ4v) is 4.10. The van der Waals surface area contributed by atoms with Crippen LogP contribution in [0.4, 0.5) is 13.2 Å². The number of halogens is 3. The zero-order chi connectivity index (χ0) is 18.6. The molecule has 2 unspecified atom stereocenters. The highest BCUT2D eigenvalue weighted by molar-refractivity contribution is 5.99. The molecule has 0 aromatic rings. The number of carbonyl (C=O) groups is 2. The van der Waals surface area contributed by atoms with Gasteiger partial charge < -0.3 is 10.0 Å². The molecule has 3 rings (SSSR count). The van der Waals surface area contributed by atoms with Crippen LogP contribution < -0.4 is 0 Å². The van der Waals surface area contributed by atoms with Crippen LogP contribution in [0.5, 0.6) is 0 Å². The van der Waals surface area contributed by atoms with Gasteiger partial charge in [-0.05, 0) is 57.1 Å². The molecule has 7 heteroatoms. The zero-order valence-electron chi connectivity index (χ0n) is 14.3. The van der Waals surface area contributed by atoms with Crippen LogP contribution in [0, 0.1) is 17.8 Å². The Balaban J connectivity index is 1.74. The number of hydrogen-bond acceptors (Lipinski definition) is 3. The van der Waals surface area contributed by atoms with E-state index in [1.807, 2.05) is 0 Å². The van der Waals surface area contributed by atoms with Gasteiger partial charge in [-0.2, -0.15) is 13.2 Å². The predicted molar refractivity (Wildman–Crippen MR) is 84.2 cm³/mol. The smallest absolute Gasteiger partial charge is 0.380 e. The summed E-state index contributed by atoms with van der Waals surface area (Å²) in [6, 6.07) is 0. The second-order valence-corrected chi connectivity index (χ2v) is 7.44. The Bertz CT molecular complexity index is 657. The van der Waals surface area contributed by atoms with Crippen molar-refractivity contribution < 1.29 is 27.9 Å². The number of allylic oxidation sites excluding steroid dienone is 3. The van der Waals surface area contributed by atoms with Gasteiger partial charge >= 0.3 is 6.18 Å². The largest absolute Gasteiger partial charge is 0.417 e. The third-order valence-corrected chi connectivity index (χ3v) is 5.85. The standard InChI is InChI=1S/C18H22F3NO3/c1-10-13-3-4-14(23)11(2)15(13)22(16(10)24)9-12-5-7-17(25,8-6-12)18(19,20)21/h3-4,10-12,25H,5-9H2,1-2H3. The molecule has 4 nitrogen and oxygen atoms in total. The number of ketones is 1. The minimum atomic E-state index is -4.62. The van der Waals surface area contributed by atoms with E-state index in [2.05, 4.69) is 0 Å². The van der Waals surface area contributed by atoms with Gasteiger partial charge in [0.15, 0.2) is 11.4 Å². The summed E-state index contributed by atoms with van der Waals surface area (Å²) in [6.07, 6.45) is -1.74. The molecule has 25 heavy (non-hydrogen) atoms. The zero-order valence-corrected chi connectivity index (χ0v) is 14.3. The van der Waals surface area contributed by atoms with E-state index in [-0.39, 0.29) is 49.2 Å². The fourth-order valence-electron chi connectivity index (χ4n) is 4.10. The molecular formula is C18H22F3NO3. The number of alkyl halides is 3. The van der Waals surface area contributed by atoms with Gasteiger partial charge in [-0.25, -0.2) is 0 Å². The van der Waals surface area contributed by atoms with Crippen molar-refractivity contribution in [2.24, 2.45) is 17.8 Å². The highest BCUT2D eigenvalue weighted by Gasteiger charge is 2.55. The van der Waals surface area contributed by atoms with Gasteiger partial charge in [-0.3, -0.25) is 9.59 Å². The summed E-state index contributed by atoms with van der Waals surface area (Å²) in [5.74, 6) is -1.03. The fraction of sp³-hybridized carbons (Fsp3) is 0.667. The molecule has 0 aromatic heterocycles. The second kappa shape index (κ2) is 5.97. The first-order valence-electron chi connectivity index (χ1n) is 8.61. The monoisotopic (exact) mass is 357 g/mol. The number of carbonyl (C=O) groups excluding carboxylic acids is 2. The van der Waals surface area contributed by atoms with Crippen molar-refractivity contribution in [1.29, 1.82) is 0 Å². The lowest BCUT2D eigenvalue weighted by Crippen LogP contribution is -2.49. The van der Waals surface area contributed by atoms with Gasteiger partial charge in [-0.15, -0.1) is 0 Å². The maximum Gasteiger partial charge on any atom is 0.417 e. The molecule has 1 N–H and O–H groups in total. The molecule has 1 aliphatic heterocycles. The van der Waals surface area contributed by atoms with Crippen LogP contribution in [0.2, 0.25) is 0 Å². The van der Waals surface area contributed by atoms with Crippen LogP contribution in [-0.2, 0) is 9.59 Å². The van der Waals surface area contributed by atoms with E-state index < -0.39 is 17.7 Å². The lowest BCUT2D eigenvalue weighted by Gasteiger charge is -2.39. The van der Waals surface area contributed by atoms with Gasteiger partial charge in [0.05, 0.1) is 11.8 Å². The summed E-state index contributed by atoms with van der Waals surface area (Å²) in [6.45, 7) is 3.85. The first kappa shape index (κ1) is 18.2. The Morgan fingerprint density at radius 1 is 1.16 bits per heavy atom. The van der Waals surface area contributed by atoms with Gasteiger partial charge in [0, 0.05) is 12.2 Å². The Kier molecular flexibility index (Phi) is 4.34. The molecule has 2 atom stereocenters. The lowest BCUT2D eigenvalue weighted by molar-refractivity contribution is -0.272. The van der Waals surface area contributed by atoms with E-state index in [1.54, 1.807) is 24.8 Å². The quantitative estimate of drug-likeness (QED) is 0.827. The first-order valence-corrected chi connectivity index (χ1v) is 8.61. The maximum absolute atomic E-state index is 12.9. The highest BCUT2D eigenvalue weighted by Crippen LogP contribution is 2.45. The van der Waals surface area contributed by atoms with E-state index in [4.69, 9.17) is 0 Å². The number of nitrogens with zero attached hydrogens (tertiary/aromatic N) is 1. The lowest BCUT2D eigenvalue weighted by atomic mass is 9.78. The summed E-state index contributed by atoms with van der Waals surface area (Å²) >= 11 is 0. The molecular weight excluding hydrogens is 335 g/mol. The molecule has 0 saturated heterocycles. The Labute approximate surface area is 144 Å². The van der Waals surface area contributed by atoms with E-state index in [1.165, 1.54) is 6.08 Å². The van der Waals surface area contributed by atoms with Crippen molar-refractivity contribution in [1.82, 2.24) is 4.90 Å². The highest BCUT2D eigenvalue weighted by atomic mass is 19.4. The molecule has 0 radical (unpaired) electrons. The average Bonchev–Trinajstić information content (AvgIpc) is 2.77. The van der Waals surface area contributed by atoms with E-state index >= 15 is 0 Å². The van der Waals surface area contributed by atoms with Crippen molar-refractivity contribution in [2.45, 2.75) is 51.3 Å². The summed E-state index contributed by atoms with van der Waals surface area (Å²) in [5.41, 5.74) is -1.09. The van der Waals surface area contributed by atoms with Crippen molar-refractivity contribution in [2.75, 3.05) is 6.54 Å². The van der Waals surface area contributed by atoms with Crippen LogP contribution in [0.25, 0.3) is 0 Å². The molecule has 1 heterocycles. The molecule has 0 spiro atoms. The van der Waals surface area contributed by atoms with Gasteiger partial charge in [0.25, 0.3) is 0 Å². The summed E-state index contributed by atoms with van der Waals surface area (Å²) in [5, 5.41) is 9.78. The van der Waals surface area contributed by atoms with Crippen LogP contribution in [0.15, 0.2) is 23.4 Å². The number of rotatable bonds is 2. The Morgan fingerprint density at radius 3 is 2.32 bits per heavy atom. The number of amides is 1. The van der Waals surface area contributed by atoms with Gasteiger partial charge in [0.1, 0.15) is 0 Å². The molecule has 138 valence electrons. The van der Waals surface area contributed by atoms with Crippen molar-refractivity contribution in [3.05, 3.63) is 23.4 Å². The van der Waals surface area contributed by atoms with Crippen molar-refractivity contribution >= 4 is 11.7 Å². The molecule has 2 aliphatic carbocycles. The maximum atomic E-state index is 12.9. The molecule has 0 bridgehead atoms. The molecule has 0 aromatic carbocycles. The Morgan fingerprint density at radius 2 is 1.76 bits per heavy atom. The van der Waals surface area contributed by atoms with E-state index in [0.29, 0.717) is 12.2 Å². The van der Waals surface area contributed by atoms with E-state index in [0.717, 1.165) is 5.57 Å². The summed E-state index contributed by atoms with van der Waals surface area (Å²) < 4.78 is 38.8. The predicted octanol–water partition coefficient (Wildman–Crippen LogP) is 2.98. The van der Waals surface area contributed by atoms with Crippen LogP contribution >= 0.6 is 0 Å². The Hall–Kier alpha value is -1.63. The van der Waals surface area contributed by atoms with Crippen molar-refractivity contribution in [3.8, 4) is 0 Å². The van der Waals surface area contributed by atoms with Crippen LogP contribution in [0.3, 0.4) is 0 Å². The SMILES string of the molecule is CC1C(=O)N(CC2CCC(O)(C(F)(F)F)CC2)C2=C1C=CC(=O)C2C. The first-order chi connectivity index (χ1) is 11.5. The molecule has 1 amide bonds. The third kappa shape index (κ3) is 2.92. The second-order valence-electron chi connectivity index (χ2n) is 7.44. The minimum Gasteiger partial charge on any atom is -0.380 e. The molecule has 1 fully saturated rings. The van der Waals surface area contributed by atoms with Gasteiger partial charge in [-0.1, -0.05) is 6.08 Å². The summed E-state index contributed by atoms with van der Waals surface area (Å²) in [4.78, 5) is 26.2. The van der Waals surface area contributed by atoms with Crippen LogP contribution in [-0.4, -0.2) is 40.0 Å². The van der Waals surface area contributed by atoms with E-state index in [9.17, 15) is 27.9 Å². The normalized spacial score (nSPS) is 36.2. The average molecular weight is 357 g/mol. The summed E-state index contributed by atoms with van der Waals surface area (Å²) in [7, 11) is 0. The topological polar surface area (TPSA) is 57.6 Å². The van der Waals surface area contributed by atoms with Crippen LogP contribution in [0.1, 0.15) is 39.5 Å². The van der Waals surface area contributed by atoms with Gasteiger partial charge in [0.2, 0.25) is 5.91 Å². The number of aliphatic hydroxyl groups is 1. The minimum absolute atomic E-state index is 0.0688. The third-order valence-electron chi connectivity index (χ3n) is 5.85.